The molecule has 0 bridgehead atoms. The number of rotatable bonds is 5. The number of benzene rings is 2. The zero-order valence-corrected chi connectivity index (χ0v) is 15.3. The van der Waals surface area contributed by atoms with Crippen LogP contribution in [-0.2, 0) is 6.54 Å². The van der Waals surface area contributed by atoms with Crippen LogP contribution in [-0.4, -0.2) is 43.0 Å². The van der Waals surface area contributed by atoms with Gasteiger partial charge in [-0.05, 0) is 57.4 Å². The zero-order valence-electron chi connectivity index (χ0n) is 15.3. The summed E-state index contributed by atoms with van der Waals surface area (Å²) in [6.07, 6.45) is 4.96. The Bertz CT molecular complexity index is 1060. The highest BCUT2D eigenvalue weighted by Gasteiger charge is 2.15. The Labute approximate surface area is 162 Å². The van der Waals surface area contributed by atoms with Gasteiger partial charge in [0.15, 0.2) is 0 Å². The molecule has 2 heterocycles. The van der Waals surface area contributed by atoms with Gasteiger partial charge in [-0.3, -0.25) is 9.78 Å². The van der Waals surface area contributed by atoms with Crippen LogP contribution in [0.25, 0.3) is 16.8 Å². The van der Waals surface area contributed by atoms with E-state index in [0.29, 0.717) is 12.1 Å². The summed E-state index contributed by atoms with van der Waals surface area (Å²) in [4.78, 5) is 18.9. The Morgan fingerprint density at radius 2 is 1.79 bits per heavy atom. The van der Waals surface area contributed by atoms with E-state index in [9.17, 15) is 4.79 Å². The van der Waals surface area contributed by atoms with Crippen LogP contribution in [0.2, 0.25) is 0 Å². The molecule has 0 saturated carbocycles. The van der Waals surface area contributed by atoms with Crippen molar-refractivity contribution in [3.05, 3.63) is 90.5 Å². The van der Waals surface area contributed by atoms with Crippen LogP contribution in [0.4, 0.5) is 0 Å². The maximum atomic E-state index is 13.1. The Morgan fingerprint density at radius 3 is 2.50 bits per heavy atom. The van der Waals surface area contributed by atoms with Crippen molar-refractivity contribution >= 4 is 5.91 Å². The number of nitrogens with zero attached hydrogens (tertiary/aromatic N) is 6. The molecular weight excluding hydrogens is 352 g/mol. The summed E-state index contributed by atoms with van der Waals surface area (Å²) in [5, 5.41) is 11.3. The maximum absolute atomic E-state index is 13.1. The van der Waals surface area contributed by atoms with Crippen LogP contribution in [0, 0.1) is 0 Å². The normalized spacial score (nSPS) is 10.6. The second-order valence-corrected chi connectivity index (χ2v) is 6.41. The van der Waals surface area contributed by atoms with E-state index >= 15 is 0 Å². The Hall–Kier alpha value is -3.87. The number of tetrazole rings is 1. The van der Waals surface area contributed by atoms with Gasteiger partial charge in [-0.15, -0.1) is 5.10 Å². The SMILES string of the molecule is CN(Cc1ccccc1)C(=O)c1cc(-c2ccncc2)cc(-n2cnnn2)c1. The fourth-order valence-electron chi connectivity index (χ4n) is 3.01. The highest BCUT2D eigenvalue weighted by atomic mass is 16.2. The van der Waals surface area contributed by atoms with Crippen molar-refractivity contribution < 1.29 is 4.79 Å². The number of aromatic nitrogens is 5. The summed E-state index contributed by atoms with van der Waals surface area (Å²) < 4.78 is 1.54. The zero-order chi connectivity index (χ0) is 19.3. The summed E-state index contributed by atoms with van der Waals surface area (Å²) in [5.74, 6) is -0.0749. The fraction of sp³-hybridized carbons (Fsp3) is 0.0952. The molecule has 4 aromatic rings. The third-order valence-corrected chi connectivity index (χ3v) is 4.40. The van der Waals surface area contributed by atoms with Crippen LogP contribution in [0.1, 0.15) is 15.9 Å². The van der Waals surface area contributed by atoms with Crippen molar-refractivity contribution in [2.45, 2.75) is 6.54 Å². The molecule has 0 spiro atoms. The molecule has 0 unspecified atom stereocenters. The van der Waals surface area contributed by atoms with Crippen molar-refractivity contribution in [2.24, 2.45) is 0 Å². The summed E-state index contributed by atoms with van der Waals surface area (Å²) in [5.41, 5.74) is 4.22. The largest absolute Gasteiger partial charge is 0.337 e. The molecule has 0 aliphatic rings. The van der Waals surface area contributed by atoms with Crippen molar-refractivity contribution in [1.29, 1.82) is 0 Å². The third kappa shape index (κ3) is 3.78. The molecule has 4 rings (SSSR count). The van der Waals surface area contributed by atoms with Crippen LogP contribution in [0.5, 0.6) is 0 Å². The first kappa shape index (κ1) is 17.5. The molecule has 2 aromatic carbocycles. The quantitative estimate of drug-likeness (QED) is 0.540. The Kier molecular flexibility index (Phi) is 4.88. The first-order chi connectivity index (χ1) is 13.7. The van der Waals surface area contributed by atoms with Crippen molar-refractivity contribution in [3.63, 3.8) is 0 Å². The van der Waals surface area contributed by atoms with Gasteiger partial charge >= 0.3 is 0 Å². The van der Waals surface area contributed by atoms with Gasteiger partial charge < -0.3 is 4.90 Å². The summed E-state index contributed by atoms with van der Waals surface area (Å²) >= 11 is 0. The van der Waals surface area contributed by atoms with E-state index in [-0.39, 0.29) is 5.91 Å². The van der Waals surface area contributed by atoms with E-state index in [1.54, 1.807) is 35.1 Å². The van der Waals surface area contributed by atoms with E-state index < -0.39 is 0 Å². The molecule has 0 fully saturated rings. The van der Waals surface area contributed by atoms with E-state index in [2.05, 4.69) is 20.5 Å². The lowest BCUT2D eigenvalue weighted by Crippen LogP contribution is -2.26. The fourth-order valence-corrected chi connectivity index (χ4v) is 3.01. The van der Waals surface area contributed by atoms with Gasteiger partial charge in [0, 0.05) is 31.5 Å². The predicted molar refractivity (Wildman–Crippen MR) is 105 cm³/mol. The number of carbonyl (C=O) groups excluding carboxylic acids is 1. The molecule has 0 saturated heterocycles. The molecule has 1 amide bonds. The van der Waals surface area contributed by atoms with E-state index in [1.807, 2.05) is 54.6 Å². The highest BCUT2D eigenvalue weighted by molar-refractivity contribution is 5.96. The molecule has 0 aliphatic heterocycles. The van der Waals surface area contributed by atoms with Crippen molar-refractivity contribution in [3.8, 4) is 16.8 Å². The first-order valence-electron chi connectivity index (χ1n) is 8.79. The summed E-state index contributed by atoms with van der Waals surface area (Å²) in [6, 6.07) is 19.3. The molecule has 0 aliphatic carbocycles. The molecule has 0 radical (unpaired) electrons. The number of amides is 1. The average Bonchev–Trinajstić information content (AvgIpc) is 3.29. The van der Waals surface area contributed by atoms with Gasteiger partial charge in [-0.1, -0.05) is 30.3 Å². The van der Waals surface area contributed by atoms with Crippen LogP contribution in [0.3, 0.4) is 0 Å². The lowest BCUT2D eigenvalue weighted by Gasteiger charge is -2.18. The maximum Gasteiger partial charge on any atom is 0.253 e. The second kappa shape index (κ2) is 7.79. The lowest BCUT2D eigenvalue weighted by atomic mass is 10.0. The molecule has 28 heavy (non-hydrogen) atoms. The molecular formula is C21H18N6O. The van der Waals surface area contributed by atoms with E-state index in [4.69, 9.17) is 0 Å². The van der Waals surface area contributed by atoms with Crippen molar-refractivity contribution in [1.82, 2.24) is 30.1 Å². The molecule has 7 heteroatoms. The summed E-state index contributed by atoms with van der Waals surface area (Å²) in [6.45, 7) is 0.527. The van der Waals surface area contributed by atoms with Crippen LogP contribution in [0.15, 0.2) is 79.4 Å². The smallest absolute Gasteiger partial charge is 0.253 e. The number of carbonyl (C=O) groups is 1. The Balaban J connectivity index is 1.71. The van der Waals surface area contributed by atoms with E-state index in [0.717, 1.165) is 22.4 Å². The van der Waals surface area contributed by atoms with Gasteiger partial charge in [-0.25, -0.2) is 4.68 Å². The second-order valence-electron chi connectivity index (χ2n) is 6.41. The lowest BCUT2D eigenvalue weighted by molar-refractivity contribution is 0.0785. The van der Waals surface area contributed by atoms with E-state index in [1.165, 1.54) is 6.33 Å². The van der Waals surface area contributed by atoms with Gasteiger partial charge in [0.2, 0.25) is 0 Å². The monoisotopic (exact) mass is 370 g/mol. The molecule has 138 valence electrons. The third-order valence-electron chi connectivity index (χ3n) is 4.40. The predicted octanol–water partition coefficient (Wildman–Crippen LogP) is 3.00. The number of pyridine rings is 1. The number of hydrogen-bond donors (Lipinski definition) is 0. The summed E-state index contributed by atoms with van der Waals surface area (Å²) in [7, 11) is 1.80. The van der Waals surface area contributed by atoms with Crippen molar-refractivity contribution in [2.75, 3.05) is 7.05 Å². The minimum atomic E-state index is -0.0749. The van der Waals surface area contributed by atoms with Gasteiger partial charge in [0.25, 0.3) is 5.91 Å². The van der Waals surface area contributed by atoms with Crippen LogP contribution >= 0.6 is 0 Å². The van der Waals surface area contributed by atoms with Gasteiger partial charge in [-0.2, -0.15) is 0 Å². The minimum Gasteiger partial charge on any atom is -0.337 e. The number of hydrogen-bond acceptors (Lipinski definition) is 5. The topological polar surface area (TPSA) is 76.8 Å². The molecule has 7 nitrogen and oxygen atoms in total. The van der Waals surface area contributed by atoms with Crippen LogP contribution < -0.4 is 0 Å². The molecule has 2 aromatic heterocycles. The highest BCUT2D eigenvalue weighted by Crippen LogP contribution is 2.24. The minimum absolute atomic E-state index is 0.0749. The Morgan fingerprint density at radius 1 is 1.00 bits per heavy atom. The standard InChI is InChI=1S/C21H18N6O/c1-26(14-16-5-3-2-4-6-16)21(28)19-11-18(17-7-9-22-10-8-17)12-20(13-19)27-15-23-24-25-27/h2-13,15H,14H2,1H3. The first-order valence-corrected chi connectivity index (χ1v) is 8.79. The molecule has 0 N–H and O–H groups in total. The van der Waals surface area contributed by atoms with Gasteiger partial charge in [0.05, 0.1) is 5.69 Å². The average molecular weight is 370 g/mol. The molecule has 0 atom stereocenters. The van der Waals surface area contributed by atoms with Gasteiger partial charge in [0.1, 0.15) is 6.33 Å².